The van der Waals surface area contributed by atoms with Gasteiger partial charge in [-0.3, -0.25) is 9.36 Å². The van der Waals surface area contributed by atoms with Gasteiger partial charge in [0.1, 0.15) is 5.75 Å². The van der Waals surface area contributed by atoms with Crippen LogP contribution >= 0.6 is 0 Å². The number of aromatic hydroxyl groups is 1. The molecule has 0 saturated carbocycles. The Labute approximate surface area is 116 Å². The number of hydrogen-bond acceptors (Lipinski definition) is 2. The molecule has 0 amide bonds. The molecule has 0 aliphatic rings. The Morgan fingerprint density at radius 1 is 0.950 bits per heavy atom. The smallest absolute Gasteiger partial charge is 0.262 e. The molecule has 1 N–H and O–H groups in total. The molecule has 0 spiro atoms. The summed E-state index contributed by atoms with van der Waals surface area (Å²) in [6, 6.07) is 15.1. The highest BCUT2D eigenvalue weighted by Crippen LogP contribution is 2.27. The summed E-state index contributed by atoms with van der Waals surface area (Å²) in [6.45, 7) is 3.62. The number of hydrogen-bond donors (Lipinski definition) is 1. The van der Waals surface area contributed by atoms with Gasteiger partial charge in [-0.2, -0.15) is 0 Å². The van der Waals surface area contributed by atoms with Crippen LogP contribution < -0.4 is 5.56 Å². The normalized spacial score (nSPS) is 10.9. The summed E-state index contributed by atoms with van der Waals surface area (Å²) < 4.78 is 1.67. The van der Waals surface area contributed by atoms with Crippen LogP contribution in [0.5, 0.6) is 5.75 Å². The van der Waals surface area contributed by atoms with E-state index in [-0.39, 0.29) is 11.3 Å². The number of aromatic nitrogens is 1. The van der Waals surface area contributed by atoms with Crippen molar-refractivity contribution in [3.05, 3.63) is 70.0 Å². The summed E-state index contributed by atoms with van der Waals surface area (Å²) in [6.07, 6.45) is 0. The number of nitrogens with zero attached hydrogens (tertiary/aromatic N) is 1. The lowest BCUT2D eigenvalue weighted by atomic mass is 10.1. The first-order valence-electron chi connectivity index (χ1n) is 6.50. The fourth-order valence-electron chi connectivity index (χ4n) is 2.50. The minimum Gasteiger partial charge on any atom is -0.507 e. The second-order valence-corrected chi connectivity index (χ2v) is 4.92. The van der Waals surface area contributed by atoms with E-state index in [1.54, 1.807) is 11.5 Å². The van der Waals surface area contributed by atoms with Crippen LogP contribution in [0.25, 0.3) is 16.6 Å². The molecule has 0 aliphatic carbocycles. The zero-order valence-electron chi connectivity index (χ0n) is 11.4. The maximum Gasteiger partial charge on any atom is 0.262 e. The van der Waals surface area contributed by atoms with Crippen LogP contribution in [-0.2, 0) is 0 Å². The summed E-state index contributed by atoms with van der Waals surface area (Å²) in [5.74, 6) is 0.0652. The molecule has 0 bridgehead atoms. The zero-order chi connectivity index (χ0) is 14.3. The number of aryl methyl sites for hydroxylation is 1. The lowest BCUT2D eigenvalue weighted by molar-refractivity contribution is 0.475. The summed E-state index contributed by atoms with van der Waals surface area (Å²) in [7, 11) is 0. The first-order chi connectivity index (χ1) is 9.61. The number of benzene rings is 2. The maximum atomic E-state index is 12.6. The van der Waals surface area contributed by atoms with Gasteiger partial charge in [0.15, 0.2) is 0 Å². The fourth-order valence-corrected chi connectivity index (χ4v) is 2.50. The SMILES string of the molecule is Cc1ccccc1-n1c(=O)c(C)c(O)c2ccccc21. The predicted molar refractivity (Wildman–Crippen MR) is 80.7 cm³/mol. The van der Waals surface area contributed by atoms with Gasteiger partial charge in [0.25, 0.3) is 5.56 Å². The number of rotatable bonds is 1. The van der Waals surface area contributed by atoms with E-state index in [1.165, 1.54) is 0 Å². The van der Waals surface area contributed by atoms with Crippen LogP contribution in [0.2, 0.25) is 0 Å². The quantitative estimate of drug-likeness (QED) is 0.733. The van der Waals surface area contributed by atoms with Gasteiger partial charge in [0.2, 0.25) is 0 Å². The first kappa shape index (κ1) is 12.5. The van der Waals surface area contributed by atoms with Crippen molar-refractivity contribution in [3.63, 3.8) is 0 Å². The van der Waals surface area contributed by atoms with Crippen LogP contribution in [0.15, 0.2) is 53.3 Å². The van der Waals surface area contributed by atoms with Crippen molar-refractivity contribution in [2.75, 3.05) is 0 Å². The second kappa shape index (κ2) is 4.53. The molecule has 1 heterocycles. The van der Waals surface area contributed by atoms with Crippen molar-refractivity contribution in [3.8, 4) is 11.4 Å². The van der Waals surface area contributed by atoms with Gasteiger partial charge in [-0.05, 0) is 37.6 Å². The Kier molecular flexibility index (Phi) is 2.83. The summed E-state index contributed by atoms with van der Waals surface area (Å²) in [4.78, 5) is 12.6. The minimum absolute atomic E-state index is 0.0652. The third-order valence-electron chi connectivity index (χ3n) is 3.64. The van der Waals surface area contributed by atoms with Gasteiger partial charge in [-0.1, -0.05) is 30.3 Å². The van der Waals surface area contributed by atoms with Crippen molar-refractivity contribution >= 4 is 10.9 Å². The van der Waals surface area contributed by atoms with E-state index in [0.29, 0.717) is 10.9 Å². The van der Waals surface area contributed by atoms with Crippen molar-refractivity contribution in [2.24, 2.45) is 0 Å². The molecule has 3 rings (SSSR count). The fraction of sp³-hybridized carbons (Fsp3) is 0.118. The molecule has 1 aromatic heterocycles. The molecule has 0 unspecified atom stereocenters. The van der Waals surface area contributed by atoms with Gasteiger partial charge in [-0.15, -0.1) is 0 Å². The average molecular weight is 265 g/mol. The molecule has 2 aromatic carbocycles. The Bertz CT molecular complexity index is 862. The third-order valence-corrected chi connectivity index (χ3v) is 3.64. The van der Waals surface area contributed by atoms with E-state index in [1.807, 2.05) is 55.5 Å². The van der Waals surface area contributed by atoms with Crippen LogP contribution in [0.3, 0.4) is 0 Å². The van der Waals surface area contributed by atoms with Crippen LogP contribution in [0.4, 0.5) is 0 Å². The molecule has 0 saturated heterocycles. The Morgan fingerprint density at radius 2 is 1.60 bits per heavy atom. The molecule has 0 aliphatic heterocycles. The molecule has 0 fully saturated rings. The van der Waals surface area contributed by atoms with E-state index >= 15 is 0 Å². The van der Waals surface area contributed by atoms with Crippen LogP contribution in [-0.4, -0.2) is 9.67 Å². The van der Waals surface area contributed by atoms with Crippen LogP contribution in [0.1, 0.15) is 11.1 Å². The van der Waals surface area contributed by atoms with Crippen LogP contribution in [0, 0.1) is 13.8 Å². The van der Waals surface area contributed by atoms with Crippen molar-refractivity contribution in [1.29, 1.82) is 0 Å². The standard InChI is InChI=1S/C17H15NO2/c1-11-7-3-5-9-14(11)18-15-10-6-4-8-13(15)16(19)12(2)17(18)20/h3-10,19H,1-2H3. The first-order valence-corrected chi connectivity index (χ1v) is 6.50. The van der Waals surface area contributed by atoms with Gasteiger partial charge in [0, 0.05) is 5.39 Å². The molecule has 3 nitrogen and oxygen atoms in total. The molecular formula is C17H15NO2. The molecular weight excluding hydrogens is 250 g/mol. The minimum atomic E-state index is -0.185. The third kappa shape index (κ3) is 1.71. The van der Waals surface area contributed by atoms with E-state index < -0.39 is 0 Å². The van der Waals surface area contributed by atoms with Gasteiger partial charge in [-0.25, -0.2) is 0 Å². The van der Waals surface area contributed by atoms with Gasteiger partial charge >= 0.3 is 0 Å². The van der Waals surface area contributed by atoms with E-state index in [9.17, 15) is 9.90 Å². The highest BCUT2D eigenvalue weighted by molar-refractivity contribution is 5.87. The van der Waals surface area contributed by atoms with Crippen molar-refractivity contribution in [1.82, 2.24) is 4.57 Å². The number of para-hydroxylation sites is 2. The predicted octanol–water partition coefficient (Wildman–Crippen LogP) is 3.31. The van der Waals surface area contributed by atoms with Gasteiger partial charge < -0.3 is 5.11 Å². The molecule has 0 atom stereocenters. The van der Waals surface area contributed by atoms with E-state index in [4.69, 9.17) is 0 Å². The lowest BCUT2D eigenvalue weighted by Gasteiger charge is -2.15. The van der Waals surface area contributed by atoms with Crippen molar-refractivity contribution in [2.45, 2.75) is 13.8 Å². The molecule has 3 aromatic rings. The largest absolute Gasteiger partial charge is 0.507 e. The molecule has 0 radical (unpaired) electrons. The summed E-state index contributed by atoms with van der Waals surface area (Å²) in [5, 5.41) is 10.9. The van der Waals surface area contributed by atoms with E-state index in [0.717, 1.165) is 16.8 Å². The number of fused-ring (bicyclic) bond motifs is 1. The molecule has 20 heavy (non-hydrogen) atoms. The Morgan fingerprint density at radius 3 is 2.35 bits per heavy atom. The zero-order valence-corrected chi connectivity index (χ0v) is 11.4. The monoisotopic (exact) mass is 265 g/mol. The number of pyridine rings is 1. The highest BCUT2D eigenvalue weighted by Gasteiger charge is 2.14. The topological polar surface area (TPSA) is 42.2 Å². The summed E-state index contributed by atoms with van der Waals surface area (Å²) >= 11 is 0. The highest BCUT2D eigenvalue weighted by atomic mass is 16.3. The van der Waals surface area contributed by atoms with E-state index in [2.05, 4.69) is 0 Å². The summed E-state index contributed by atoms with van der Waals surface area (Å²) in [5.41, 5.74) is 2.76. The molecule has 3 heteroatoms. The lowest BCUT2D eigenvalue weighted by Crippen LogP contribution is -2.21. The van der Waals surface area contributed by atoms with Crippen molar-refractivity contribution < 1.29 is 5.11 Å². The Balaban J connectivity index is 2.54. The Hall–Kier alpha value is -2.55. The maximum absolute atomic E-state index is 12.6. The average Bonchev–Trinajstić information content (AvgIpc) is 2.47. The van der Waals surface area contributed by atoms with Gasteiger partial charge in [0.05, 0.1) is 16.8 Å². The second-order valence-electron chi connectivity index (χ2n) is 4.92. The molecule has 100 valence electrons.